The summed E-state index contributed by atoms with van der Waals surface area (Å²) in [6, 6.07) is 8.37. The highest BCUT2D eigenvalue weighted by Gasteiger charge is 2.22. The van der Waals surface area contributed by atoms with Gasteiger partial charge in [0.2, 0.25) is 0 Å². The first-order chi connectivity index (χ1) is 16.7. The fourth-order valence-electron chi connectivity index (χ4n) is 3.97. The lowest BCUT2D eigenvalue weighted by Gasteiger charge is -2.19. The summed E-state index contributed by atoms with van der Waals surface area (Å²) < 4.78 is 17.7. The van der Waals surface area contributed by atoms with E-state index >= 15 is 0 Å². The molecule has 0 aliphatic carbocycles. The molecule has 5 rings (SSSR count). The molecular weight excluding hydrogens is 472 g/mol. The monoisotopic (exact) mass is 490 g/mol. The number of ether oxygens (including phenoxy) is 1. The minimum Gasteiger partial charge on any atom is -0.483 e. The minimum absolute atomic E-state index is 0.0919. The molecular formula is C25H19ClN4O5. The zero-order chi connectivity index (χ0) is 24.9. The molecule has 35 heavy (non-hydrogen) atoms. The highest BCUT2D eigenvalue weighted by molar-refractivity contribution is 6.29. The van der Waals surface area contributed by atoms with Crippen molar-refractivity contribution in [2.45, 2.75) is 26.9 Å². The normalized spacial score (nSPS) is 12.2. The van der Waals surface area contributed by atoms with Gasteiger partial charge >= 0.3 is 0 Å². The smallest absolute Gasteiger partial charge is 0.271 e. The van der Waals surface area contributed by atoms with Crippen LogP contribution in [0.4, 0.5) is 0 Å². The SMILES string of the molecule is Cc1cc([C@@H](C)Oc2ccc(Cl)nc2C(N)=O)c2oc(-c3cnc4ncoc4c3)c(C)c(=O)c2c1. The Hall–Kier alpha value is -4.24. The van der Waals surface area contributed by atoms with Crippen molar-refractivity contribution in [1.82, 2.24) is 15.0 Å². The van der Waals surface area contributed by atoms with Crippen molar-refractivity contribution < 1.29 is 18.4 Å². The van der Waals surface area contributed by atoms with Crippen molar-refractivity contribution in [2.24, 2.45) is 5.73 Å². The summed E-state index contributed by atoms with van der Waals surface area (Å²) in [6.45, 7) is 5.35. The number of hydrogen-bond donors (Lipinski definition) is 1. The van der Waals surface area contributed by atoms with Gasteiger partial charge in [0.1, 0.15) is 22.6 Å². The quantitative estimate of drug-likeness (QED) is 0.344. The Morgan fingerprint density at radius 1 is 1.17 bits per heavy atom. The number of amides is 1. The highest BCUT2D eigenvalue weighted by atomic mass is 35.5. The van der Waals surface area contributed by atoms with Crippen LogP contribution in [0.3, 0.4) is 0 Å². The Morgan fingerprint density at radius 3 is 2.74 bits per heavy atom. The first kappa shape index (κ1) is 22.5. The van der Waals surface area contributed by atoms with Crippen molar-refractivity contribution in [2.75, 3.05) is 0 Å². The van der Waals surface area contributed by atoms with Crippen LogP contribution < -0.4 is 15.9 Å². The minimum atomic E-state index is -0.774. The summed E-state index contributed by atoms with van der Waals surface area (Å²) in [5, 5.41) is 0.526. The van der Waals surface area contributed by atoms with Crippen LogP contribution in [-0.4, -0.2) is 20.9 Å². The zero-order valence-corrected chi connectivity index (χ0v) is 19.7. The molecule has 0 fully saturated rings. The fourth-order valence-corrected chi connectivity index (χ4v) is 4.12. The number of carbonyl (C=O) groups is 1. The van der Waals surface area contributed by atoms with Crippen molar-refractivity contribution in [3.8, 4) is 17.1 Å². The molecule has 0 aliphatic rings. The van der Waals surface area contributed by atoms with Crippen molar-refractivity contribution >= 4 is 39.7 Å². The van der Waals surface area contributed by atoms with E-state index in [0.29, 0.717) is 44.7 Å². The van der Waals surface area contributed by atoms with E-state index in [1.807, 2.05) is 13.0 Å². The van der Waals surface area contributed by atoms with Gasteiger partial charge in [-0.3, -0.25) is 9.59 Å². The van der Waals surface area contributed by atoms with Crippen LogP contribution in [0.1, 0.15) is 40.2 Å². The largest absolute Gasteiger partial charge is 0.483 e. The van der Waals surface area contributed by atoms with E-state index in [9.17, 15) is 9.59 Å². The summed E-state index contributed by atoms with van der Waals surface area (Å²) in [5.74, 6) is -0.251. The van der Waals surface area contributed by atoms with Gasteiger partial charge in [0, 0.05) is 22.9 Å². The number of pyridine rings is 2. The number of benzene rings is 1. The summed E-state index contributed by atoms with van der Waals surface area (Å²) in [5.41, 5.74) is 8.91. The molecule has 4 aromatic heterocycles. The van der Waals surface area contributed by atoms with Gasteiger partial charge in [0.05, 0.1) is 5.39 Å². The number of nitrogens with two attached hydrogens (primary N) is 1. The maximum Gasteiger partial charge on any atom is 0.271 e. The Bertz CT molecular complexity index is 1690. The molecule has 176 valence electrons. The van der Waals surface area contributed by atoms with Gasteiger partial charge in [-0.15, -0.1) is 0 Å². The van der Waals surface area contributed by atoms with Gasteiger partial charge in [-0.2, -0.15) is 4.98 Å². The third kappa shape index (κ3) is 4.00. The van der Waals surface area contributed by atoms with E-state index in [1.54, 1.807) is 32.2 Å². The van der Waals surface area contributed by atoms with E-state index in [2.05, 4.69) is 15.0 Å². The Kier molecular flexibility index (Phi) is 5.49. The van der Waals surface area contributed by atoms with Gasteiger partial charge < -0.3 is 19.3 Å². The van der Waals surface area contributed by atoms with Crippen LogP contribution in [0.15, 0.2) is 56.6 Å². The molecule has 0 unspecified atom stereocenters. The summed E-state index contributed by atoms with van der Waals surface area (Å²) in [4.78, 5) is 37.5. The third-order valence-corrected chi connectivity index (χ3v) is 5.85. The number of carbonyl (C=O) groups excluding carboxylic acids is 1. The van der Waals surface area contributed by atoms with Crippen LogP contribution in [0.5, 0.6) is 5.75 Å². The number of rotatable bonds is 5. The van der Waals surface area contributed by atoms with Crippen molar-refractivity contribution in [3.63, 3.8) is 0 Å². The molecule has 9 nitrogen and oxygen atoms in total. The number of fused-ring (bicyclic) bond motifs is 2. The molecule has 4 heterocycles. The molecule has 5 aromatic rings. The predicted molar refractivity (Wildman–Crippen MR) is 130 cm³/mol. The molecule has 10 heteroatoms. The molecule has 1 amide bonds. The number of aryl methyl sites for hydroxylation is 1. The summed E-state index contributed by atoms with van der Waals surface area (Å²) in [6.07, 6.45) is 2.25. The third-order valence-electron chi connectivity index (χ3n) is 5.64. The van der Waals surface area contributed by atoms with Gasteiger partial charge in [0.15, 0.2) is 34.5 Å². The fraction of sp³-hybridized carbons (Fsp3) is 0.160. The van der Waals surface area contributed by atoms with Crippen LogP contribution in [0, 0.1) is 13.8 Å². The Labute approximate surface area is 203 Å². The zero-order valence-electron chi connectivity index (χ0n) is 19.0. The Morgan fingerprint density at radius 2 is 1.97 bits per heavy atom. The Balaban J connectivity index is 1.67. The maximum atomic E-state index is 13.4. The lowest BCUT2D eigenvalue weighted by atomic mass is 10.00. The van der Waals surface area contributed by atoms with Gasteiger partial charge in [0.25, 0.3) is 5.91 Å². The molecule has 0 saturated heterocycles. The predicted octanol–water partition coefficient (Wildman–Crippen LogP) is 4.90. The van der Waals surface area contributed by atoms with E-state index in [1.165, 1.54) is 18.5 Å². The first-order valence-electron chi connectivity index (χ1n) is 10.6. The standard InChI is InChI=1S/C25H19ClN4O5/c1-11-6-15(13(3)34-17-4-5-19(26)30-20(17)24(27)32)23-16(7-11)21(31)12(2)22(35-23)14-8-18-25(28-9-14)29-10-33-18/h4-10,13H,1-3H3,(H2,27,32)/t13-/m1/s1. The van der Waals surface area contributed by atoms with Crippen LogP contribution in [0.25, 0.3) is 33.5 Å². The molecule has 1 atom stereocenters. The first-order valence-corrected chi connectivity index (χ1v) is 11.0. The second-order valence-corrected chi connectivity index (χ2v) is 8.51. The van der Waals surface area contributed by atoms with Gasteiger partial charge in [-0.25, -0.2) is 9.97 Å². The van der Waals surface area contributed by atoms with Crippen LogP contribution in [0.2, 0.25) is 5.15 Å². The number of halogens is 1. The van der Waals surface area contributed by atoms with Gasteiger partial charge in [-0.1, -0.05) is 11.6 Å². The molecule has 0 spiro atoms. The second kappa shape index (κ2) is 8.52. The molecule has 2 N–H and O–H groups in total. The molecule has 0 saturated carbocycles. The topological polar surface area (TPSA) is 134 Å². The summed E-state index contributed by atoms with van der Waals surface area (Å²) >= 11 is 5.91. The number of oxazole rings is 1. The lowest BCUT2D eigenvalue weighted by Crippen LogP contribution is -2.17. The second-order valence-electron chi connectivity index (χ2n) is 8.12. The average molecular weight is 491 g/mol. The average Bonchev–Trinajstić information content (AvgIpc) is 3.30. The van der Waals surface area contributed by atoms with E-state index in [0.717, 1.165) is 5.56 Å². The van der Waals surface area contributed by atoms with Crippen LogP contribution in [-0.2, 0) is 0 Å². The maximum absolute atomic E-state index is 13.4. The van der Waals surface area contributed by atoms with E-state index < -0.39 is 12.0 Å². The molecule has 1 aromatic carbocycles. The highest BCUT2D eigenvalue weighted by Crippen LogP contribution is 2.34. The van der Waals surface area contributed by atoms with Crippen molar-refractivity contribution in [1.29, 1.82) is 0 Å². The summed E-state index contributed by atoms with van der Waals surface area (Å²) in [7, 11) is 0. The van der Waals surface area contributed by atoms with Crippen LogP contribution >= 0.6 is 11.6 Å². The number of nitrogens with zero attached hydrogens (tertiary/aromatic N) is 3. The molecule has 0 aliphatic heterocycles. The number of hydrogen-bond acceptors (Lipinski definition) is 8. The molecule has 0 radical (unpaired) electrons. The van der Waals surface area contributed by atoms with Gasteiger partial charge in [-0.05, 0) is 56.7 Å². The lowest BCUT2D eigenvalue weighted by molar-refractivity contribution is 0.0988. The van der Waals surface area contributed by atoms with Crippen molar-refractivity contribution in [3.05, 3.63) is 80.7 Å². The molecule has 0 bridgehead atoms. The number of aromatic nitrogens is 3. The van der Waals surface area contributed by atoms with E-state index in [4.69, 9.17) is 30.9 Å². The van der Waals surface area contributed by atoms with E-state index in [-0.39, 0.29) is 22.0 Å². The number of primary amides is 1.